The number of anilines is 1. The van der Waals surface area contributed by atoms with E-state index in [0.29, 0.717) is 22.8 Å². The Balaban J connectivity index is 1.68. The Bertz CT molecular complexity index is 1130. The van der Waals surface area contributed by atoms with Crippen molar-refractivity contribution in [1.29, 1.82) is 0 Å². The molecule has 0 aromatic heterocycles. The second-order valence-corrected chi connectivity index (χ2v) is 8.77. The van der Waals surface area contributed by atoms with Gasteiger partial charge >= 0.3 is 0 Å². The van der Waals surface area contributed by atoms with E-state index in [4.69, 9.17) is 16.3 Å². The number of benzene rings is 3. The van der Waals surface area contributed by atoms with Crippen LogP contribution in [0.2, 0.25) is 5.02 Å². The number of hydrogen-bond donors (Lipinski definition) is 1. The fourth-order valence-electron chi connectivity index (χ4n) is 2.85. The third kappa shape index (κ3) is 5.31. The van der Waals surface area contributed by atoms with Gasteiger partial charge in [0.15, 0.2) is 0 Å². The van der Waals surface area contributed by atoms with Crippen LogP contribution in [-0.2, 0) is 16.6 Å². The van der Waals surface area contributed by atoms with Gasteiger partial charge in [0.2, 0.25) is 0 Å². The van der Waals surface area contributed by atoms with Crippen molar-refractivity contribution in [3.05, 3.63) is 88.9 Å². The van der Waals surface area contributed by atoms with Gasteiger partial charge in [-0.25, -0.2) is 8.42 Å². The van der Waals surface area contributed by atoms with E-state index in [1.54, 1.807) is 43.3 Å². The van der Waals surface area contributed by atoms with Crippen molar-refractivity contribution in [2.45, 2.75) is 11.4 Å². The van der Waals surface area contributed by atoms with Gasteiger partial charge in [-0.3, -0.25) is 9.52 Å². The van der Waals surface area contributed by atoms with Crippen LogP contribution in [0.1, 0.15) is 15.9 Å². The van der Waals surface area contributed by atoms with Crippen molar-refractivity contribution in [2.75, 3.05) is 18.9 Å². The van der Waals surface area contributed by atoms with Crippen molar-refractivity contribution in [1.82, 2.24) is 4.90 Å². The Morgan fingerprint density at radius 3 is 2.33 bits per heavy atom. The van der Waals surface area contributed by atoms with E-state index in [1.807, 2.05) is 24.3 Å². The zero-order valence-electron chi connectivity index (χ0n) is 16.5. The zero-order chi connectivity index (χ0) is 21.7. The molecule has 1 N–H and O–H groups in total. The fourth-order valence-corrected chi connectivity index (χ4v) is 4.03. The topological polar surface area (TPSA) is 75.7 Å². The first-order chi connectivity index (χ1) is 14.3. The number of halogens is 1. The van der Waals surface area contributed by atoms with Gasteiger partial charge in [-0.15, -0.1) is 0 Å². The maximum Gasteiger partial charge on any atom is 0.261 e. The molecule has 3 rings (SSSR count). The molecule has 0 atom stereocenters. The van der Waals surface area contributed by atoms with Gasteiger partial charge < -0.3 is 9.64 Å². The smallest absolute Gasteiger partial charge is 0.261 e. The molecule has 0 fully saturated rings. The summed E-state index contributed by atoms with van der Waals surface area (Å²) < 4.78 is 32.6. The molecule has 30 heavy (non-hydrogen) atoms. The lowest BCUT2D eigenvalue weighted by Crippen LogP contribution is -2.26. The molecule has 0 spiro atoms. The van der Waals surface area contributed by atoms with Gasteiger partial charge in [0, 0.05) is 29.9 Å². The van der Waals surface area contributed by atoms with Crippen LogP contribution in [-0.4, -0.2) is 33.4 Å². The first-order valence-electron chi connectivity index (χ1n) is 9.05. The molecule has 0 unspecified atom stereocenters. The minimum absolute atomic E-state index is 0.102. The van der Waals surface area contributed by atoms with E-state index < -0.39 is 10.0 Å². The van der Waals surface area contributed by atoms with E-state index in [1.165, 1.54) is 24.3 Å². The molecule has 0 aliphatic heterocycles. The van der Waals surface area contributed by atoms with Crippen LogP contribution in [0.4, 0.5) is 5.69 Å². The number of carbonyl (C=O) groups excluding carboxylic acids is 1. The summed E-state index contributed by atoms with van der Waals surface area (Å²) in [5.74, 6) is 0.551. The van der Waals surface area contributed by atoms with Crippen LogP contribution in [0.15, 0.2) is 77.7 Å². The molecule has 0 aliphatic carbocycles. The van der Waals surface area contributed by atoms with Crippen molar-refractivity contribution >= 4 is 33.2 Å². The summed E-state index contributed by atoms with van der Waals surface area (Å²) in [5, 5.41) is 0.454. The van der Waals surface area contributed by atoms with Gasteiger partial charge in [0.25, 0.3) is 15.9 Å². The molecule has 0 aliphatic rings. The van der Waals surface area contributed by atoms with Crippen molar-refractivity contribution < 1.29 is 17.9 Å². The summed E-state index contributed by atoms with van der Waals surface area (Å²) in [6.07, 6.45) is 0. The predicted molar refractivity (Wildman–Crippen MR) is 117 cm³/mol. The number of nitrogens with one attached hydrogen (secondary N) is 1. The second-order valence-electron chi connectivity index (χ2n) is 6.65. The van der Waals surface area contributed by atoms with Crippen LogP contribution in [0.25, 0.3) is 0 Å². The third-order valence-electron chi connectivity index (χ3n) is 4.41. The number of amides is 1. The van der Waals surface area contributed by atoms with Gasteiger partial charge in [0.05, 0.1) is 12.0 Å². The Morgan fingerprint density at radius 2 is 1.70 bits per heavy atom. The van der Waals surface area contributed by atoms with Crippen molar-refractivity contribution in [3.8, 4) is 5.75 Å². The molecule has 0 radical (unpaired) electrons. The summed E-state index contributed by atoms with van der Waals surface area (Å²) in [6, 6.07) is 19.7. The van der Waals surface area contributed by atoms with Gasteiger partial charge in [-0.05, 0) is 66.2 Å². The van der Waals surface area contributed by atoms with Crippen LogP contribution < -0.4 is 9.46 Å². The zero-order valence-corrected chi connectivity index (χ0v) is 18.1. The average Bonchev–Trinajstić information content (AvgIpc) is 2.74. The minimum atomic E-state index is -3.74. The lowest BCUT2D eigenvalue weighted by atomic mass is 10.1. The third-order valence-corrected chi connectivity index (χ3v) is 6.06. The van der Waals surface area contributed by atoms with E-state index >= 15 is 0 Å². The highest BCUT2D eigenvalue weighted by Gasteiger charge is 2.16. The monoisotopic (exact) mass is 444 g/mol. The Labute approximate surface area is 181 Å². The van der Waals surface area contributed by atoms with Crippen molar-refractivity contribution in [2.24, 2.45) is 0 Å². The molecule has 3 aromatic rings. The maximum atomic E-state index is 12.7. The molecule has 0 heterocycles. The number of carbonyl (C=O) groups is 1. The lowest BCUT2D eigenvalue weighted by molar-refractivity contribution is 0.0785. The average molecular weight is 445 g/mol. The van der Waals surface area contributed by atoms with E-state index in [0.717, 1.165) is 11.3 Å². The first kappa shape index (κ1) is 21.7. The fraction of sp³-hybridized carbons (Fsp3) is 0.136. The summed E-state index contributed by atoms with van der Waals surface area (Å²) in [6.45, 7) is 0.418. The van der Waals surface area contributed by atoms with E-state index in [9.17, 15) is 13.2 Å². The highest BCUT2D eigenvalue weighted by molar-refractivity contribution is 7.92. The molecule has 1 amide bonds. The quantitative estimate of drug-likeness (QED) is 0.585. The summed E-state index contributed by atoms with van der Waals surface area (Å²) in [5.41, 5.74) is 1.75. The molecule has 156 valence electrons. The highest BCUT2D eigenvalue weighted by Crippen LogP contribution is 2.20. The SMILES string of the molecule is COc1cccc(CN(C)C(=O)c2ccc(NS(=O)(=O)c3ccc(Cl)cc3)cc2)c1. The van der Waals surface area contributed by atoms with Gasteiger partial charge in [-0.1, -0.05) is 23.7 Å². The van der Waals surface area contributed by atoms with Crippen LogP contribution in [0.3, 0.4) is 0 Å². The molecule has 0 bridgehead atoms. The number of rotatable bonds is 7. The summed E-state index contributed by atoms with van der Waals surface area (Å²) in [7, 11) is -0.441. The summed E-state index contributed by atoms with van der Waals surface area (Å²) >= 11 is 5.80. The maximum absolute atomic E-state index is 12.7. The number of methoxy groups -OCH3 is 1. The molecule has 0 saturated heterocycles. The van der Waals surface area contributed by atoms with Gasteiger partial charge in [0.1, 0.15) is 5.75 Å². The molecule has 0 saturated carbocycles. The molecule has 6 nitrogen and oxygen atoms in total. The standard InChI is InChI=1S/C22H21ClN2O4S/c1-25(15-16-4-3-5-20(14-16)29-2)22(26)17-6-10-19(11-7-17)24-30(27,28)21-12-8-18(23)9-13-21/h3-14,24H,15H2,1-2H3. The second kappa shape index (κ2) is 9.19. The first-order valence-corrected chi connectivity index (χ1v) is 10.9. The molecule has 3 aromatic carbocycles. The number of ether oxygens (including phenoxy) is 1. The van der Waals surface area contributed by atoms with Crippen molar-refractivity contribution in [3.63, 3.8) is 0 Å². The number of sulfonamides is 1. The Morgan fingerprint density at radius 1 is 1.03 bits per heavy atom. The predicted octanol–water partition coefficient (Wildman–Crippen LogP) is 4.42. The number of nitrogens with zero attached hydrogens (tertiary/aromatic N) is 1. The largest absolute Gasteiger partial charge is 0.497 e. The summed E-state index contributed by atoms with van der Waals surface area (Å²) in [4.78, 5) is 14.4. The Hall–Kier alpha value is -3.03. The van der Waals surface area contributed by atoms with Crippen LogP contribution in [0.5, 0.6) is 5.75 Å². The molecular weight excluding hydrogens is 424 g/mol. The molecule has 8 heteroatoms. The van der Waals surface area contributed by atoms with Crippen LogP contribution >= 0.6 is 11.6 Å². The minimum Gasteiger partial charge on any atom is -0.497 e. The normalized spacial score (nSPS) is 11.0. The highest BCUT2D eigenvalue weighted by atomic mass is 35.5. The molecular formula is C22H21ClN2O4S. The number of hydrogen-bond acceptors (Lipinski definition) is 4. The van der Waals surface area contributed by atoms with Crippen LogP contribution in [0, 0.1) is 0 Å². The van der Waals surface area contributed by atoms with E-state index in [-0.39, 0.29) is 10.8 Å². The van der Waals surface area contributed by atoms with E-state index in [2.05, 4.69) is 4.72 Å². The van der Waals surface area contributed by atoms with Gasteiger partial charge in [-0.2, -0.15) is 0 Å². The lowest BCUT2D eigenvalue weighted by Gasteiger charge is -2.18. The Kier molecular flexibility index (Phi) is 6.64.